The number of nitrogens with one attached hydrogen (secondary N) is 1. The van der Waals surface area contributed by atoms with Crippen LogP contribution in [0.15, 0.2) is 36.7 Å². The first kappa shape index (κ1) is 19.3. The van der Waals surface area contributed by atoms with Crippen molar-refractivity contribution in [1.82, 2.24) is 9.78 Å². The molecule has 1 fully saturated rings. The molecule has 1 saturated carbocycles. The first-order valence-corrected chi connectivity index (χ1v) is 7.61. The summed E-state index contributed by atoms with van der Waals surface area (Å²) in [5.74, 6) is -0.288. The Bertz CT molecular complexity index is 754. The average molecular weight is 375 g/mol. The molecule has 0 unspecified atom stereocenters. The summed E-state index contributed by atoms with van der Waals surface area (Å²) in [7, 11) is 0. The average Bonchev–Trinajstić information content (AvgIpc) is 3.17. The lowest BCUT2D eigenvalue weighted by Crippen LogP contribution is -2.48. The van der Waals surface area contributed by atoms with Gasteiger partial charge in [-0.25, -0.2) is 4.68 Å². The van der Waals surface area contributed by atoms with Crippen LogP contribution in [-0.2, 0) is 11.0 Å². The predicted octanol–water partition coefficient (Wildman–Crippen LogP) is 3.52. The van der Waals surface area contributed by atoms with Gasteiger partial charge in [-0.15, -0.1) is 12.4 Å². The normalized spacial score (nSPS) is 16.3. The summed E-state index contributed by atoms with van der Waals surface area (Å²) in [6.07, 6.45) is 1.50. The zero-order valence-corrected chi connectivity index (χ0v) is 14.0. The second-order valence-electron chi connectivity index (χ2n) is 6.04. The van der Waals surface area contributed by atoms with Crippen molar-refractivity contribution in [2.24, 2.45) is 5.73 Å². The van der Waals surface area contributed by atoms with E-state index < -0.39 is 17.3 Å². The lowest BCUT2D eigenvalue weighted by Gasteiger charge is -2.21. The molecular formula is C16H18ClF3N4O. The Labute approximate surface area is 148 Å². The maximum Gasteiger partial charge on any atom is 0.416 e. The van der Waals surface area contributed by atoms with Crippen LogP contribution < -0.4 is 11.1 Å². The van der Waals surface area contributed by atoms with E-state index in [2.05, 4.69) is 10.4 Å². The van der Waals surface area contributed by atoms with Crippen molar-refractivity contribution in [3.8, 4) is 5.69 Å². The fraction of sp³-hybridized carbons (Fsp3) is 0.375. The summed E-state index contributed by atoms with van der Waals surface area (Å²) >= 11 is 0. The lowest BCUT2D eigenvalue weighted by atomic mass is 9.98. The quantitative estimate of drug-likeness (QED) is 0.863. The standard InChI is InChI=1S/C16H17F3N4O.ClH/c17-16(18,19)11-4-3-5-13(8-11)23-10-12(9-21-23)22-14(24)15(20)6-1-2-7-15;/h3-5,8-10H,1-2,6-7,20H2,(H,22,24);1H. The number of amides is 1. The lowest BCUT2D eigenvalue weighted by molar-refractivity contribution is -0.137. The molecule has 1 aliphatic carbocycles. The van der Waals surface area contributed by atoms with Crippen LogP contribution in [0.2, 0.25) is 0 Å². The van der Waals surface area contributed by atoms with E-state index in [9.17, 15) is 18.0 Å². The van der Waals surface area contributed by atoms with Gasteiger partial charge < -0.3 is 11.1 Å². The van der Waals surface area contributed by atoms with Crippen LogP contribution in [0.3, 0.4) is 0 Å². The zero-order valence-electron chi connectivity index (χ0n) is 13.2. The molecule has 0 aliphatic heterocycles. The summed E-state index contributed by atoms with van der Waals surface area (Å²) in [4.78, 5) is 12.2. The molecule has 1 aromatic heterocycles. The number of rotatable bonds is 3. The predicted molar refractivity (Wildman–Crippen MR) is 89.8 cm³/mol. The molecule has 1 aliphatic rings. The Kier molecular flexibility index (Phi) is 5.43. The molecule has 0 spiro atoms. The molecule has 25 heavy (non-hydrogen) atoms. The van der Waals surface area contributed by atoms with Crippen LogP contribution >= 0.6 is 12.4 Å². The highest BCUT2D eigenvalue weighted by Gasteiger charge is 2.37. The summed E-state index contributed by atoms with van der Waals surface area (Å²) in [6.45, 7) is 0. The van der Waals surface area contributed by atoms with Crippen LogP contribution in [0.1, 0.15) is 31.2 Å². The van der Waals surface area contributed by atoms with Crippen LogP contribution in [-0.4, -0.2) is 21.2 Å². The minimum Gasteiger partial charge on any atom is -0.322 e. The highest BCUT2D eigenvalue weighted by molar-refractivity contribution is 5.98. The first-order valence-electron chi connectivity index (χ1n) is 7.61. The van der Waals surface area contributed by atoms with E-state index in [1.54, 1.807) is 0 Å². The Morgan fingerprint density at radius 2 is 1.96 bits per heavy atom. The minimum absolute atomic E-state index is 0. The van der Waals surface area contributed by atoms with Crippen molar-refractivity contribution in [2.75, 3.05) is 5.32 Å². The number of carbonyl (C=O) groups is 1. The molecule has 136 valence electrons. The molecule has 1 aromatic carbocycles. The van der Waals surface area contributed by atoms with Crippen molar-refractivity contribution < 1.29 is 18.0 Å². The van der Waals surface area contributed by atoms with Gasteiger partial charge in [0.05, 0.1) is 34.9 Å². The summed E-state index contributed by atoms with van der Waals surface area (Å²) in [6, 6.07) is 4.81. The Morgan fingerprint density at radius 3 is 2.60 bits per heavy atom. The minimum atomic E-state index is -4.42. The summed E-state index contributed by atoms with van der Waals surface area (Å²) in [5.41, 5.74) is 5.09. The van der Waals surface area contributed by atoms with Gasteiger partial charge in [-0.05, 0) is 31.0 Å². The SMILES string of the molecule is Cl.NC1(C(=O)Nc2cnn(-c3cccc(C(F)(F)F)c3)c2)CCCC1. The van der Waals surface area contributed by atoms with Crippen molar-refractivity contribution in [3.63, 3.8) is 0 Å². The molecule has 0 radical (unpaired) electrons. The van der Waals surface area contributed by atoms with Gasteiger partial charge in [-0.2, -0.15) is 18.3 Å². The molecule has 3 rings (SSSR count). The number of nitrogens with two attached hydrogens (primary N) is 1. The largest absolute Gasteiger partial charge is 0.416 e. The Balaban J connectivity index is 0.00000225. The molecule has 9 heteroatoms. The van der Waals surface area contributed by atoms with Gasteiger partial charge >= 0.3 is 6.18 Å². The van der Waals surface area contributed by atoms with Crippen LogP contribution in [0, 0.1) is 0 Å². The highest BCUT2D eigenvalue weighted by Crippen LogP contribution is 2.31. The maximum absolute atomic E-state index is 12.8. The number of nitrogens with zero attached hydrogens (tertiary/aromatic N) is 2. The molecule has 1 heterocycles. The smallest absolute Gasteiger partial charge is 0.322 e. The van der Waals surface area contributed by atoms with Gasteiger partial charge in [0.15, 0.2) is 0 Å². The fourth-order valence-corrected chi connectivity index (χ4v) is 2.84. The van der Waals surface area contributed by atoms with Gasteiger partial charge in [0.1, 0.15) is 0 Å². The number of hydrogen-bond donors (Lipinski definition) is 2. The monoisotopic (exact) mass is 374 g/mol. The fourth-order valence-electron chi connectivity index (χ4n) is 2.84. The zero-order chi connectivity index (χ0) is 17.4. The number of benzene rings is 1. The van der Waals surface area contributed by atoms with E-state index in [-0.39, 0.29) is 24.0 Å². The third kappa shape index (κ3) is 4.13. The molecule has 0 atom stereocenters. The van der Waals surface area contributed by atoms with E-state index in [1.165, 1.54) is 29.2 Å². The Hall–Kier alpha value is -2.06. The van der Waals surface area contributed by atoms with E-state index in [0.717, 1.165) is 25.0 Å². The van der Waals surface area contributed by atoms with Gasteiger partial charge in [0.2, 0.25) is 5.91 Å². The number of anilines is 1. The number of aromatic nitrogens is 2. The van der Waals surface area contributed by atoms with Crippen molar-refractivity contribution >= 4 is 24.0 Å². The van der Waals surface area contributed by atoms with E-state index in [1.807, 2.05) is 0 Å². The summed E-state index contributed by atoms with van der Waals surface area (Å²) in [5, 5.41) is 6.70. The Morgan fingerprint density at radius 1 is 1.28 bits per heavy atom. The molecule has 2 aromatic rings. The molecule has 3 N–H and O–H groups in total. The molecule has 1 amide bonds. The number of halogens is 4. The highest BCUT2D eigenvalue weighted by atomic mass is 35.5. The van der Waals surface area contributed by atoms with E-state index in [0.29, 0.717) is 18.5 Å². The van der Waals surface area contributed by atoms with E-state index >= 15 is 0 Å². The summed E-state index contributed by atoms with van der Waals surface area (Å²) < 4.78 is 39.6. The van der Waals surface area contributed by atoms with E-state index in [4.69, 9.17) is 5.73 Å². The molecular weight excluding hydrogens is 357 g/mol. The van der Waals surface area contributed by atoms with Crippen LogP contribution in [0.4, 0.5) is 18.9 Å². The van der Waals surface area contributed by atoms with Crippen LogP contribution in [0.25, 0.3) is 5.69 Å². The van der Waals surface area contributed by atoms with Crippen molar-refractivity contribution in [3.05, 3.63) is 42.2 Å². The second kappa shape index (κ2) is 7.05. The molecule has 5 nitrogen and oxygen atoms in total. The first-order chi connectivity index (χ1) is 11.3. The number of hydrogen-bond acceptors (Lipinski definition) is 3. The second-order valence-corrected chi connectivity index (χ2v) is 6.04. The van der Waals surface area contributed by atoms with Gasteiger partial charge in [0, 0.05) is 0 Å². The van der Waals surface area contributed by atoms with Crippen molar-refractivity contribution in [2.45, 2.75) is 37.4 Å². The molecule has 0 bridgehead atoms. The molecule has 0 saturated heterocycles. The third-order valence-corrected chi connectivity index (χ3v) is 4.23. The third-order valence-electron chi connectivity index (χ3n) is 4.23. The number of carbonyl (C=O) groups excluding carboxylic acids is 1. The topological polar surface area (TPSA) is 72.9 Å². The van der Waals surface area contributed by atoms with Crippen LogP contribution in [0.5, 0.6) is 0 Å². The van der Waals surface area contributed by atoms with Gasteiger partial charge in [-0.3, -0.25) is 4.79 Å². The number of alkyl halides is 3. The van der Waals surface area contributed by atoms with Gasteiger partial charge in [0.25, 0.3) is 0 Å². The van der Waals surface area contributed by atoms with Crippen molar-refractivity contribution in [1.29, 1.82) is 0 Å². The maximum atomic E-state index is 12.8. The van der Waals surface area contributed by atoms with Gasteiger partial charge in [-0.1, -0.05) is 18.9 Å².